The Hall–Kier alpha value is -1.96. The number of quaternary nitrogens is 1. The molecular weight excluding hydrogens is 330 g/mol. The van der Waals surface area contributed by atoms with Gasteiger partial charge in [0.05, 0.1) is 11.4 Å². The zero-order valence-electron chi connectivity index (χ0n) is 13.7. The highest BCUT2D eigenvalue weighted by atomic mass is 35.5. The van der Waals surface area contributed by atoms with Crippen LogP contribution in [0.5, 0.6) is 0 Å². The van der Waals surface area contributed by atoms with E-state index in [9.17, 15) is 4.79 Å². The molecule has 1 aromatic heterocycles. The number of amides is 1. The first-order valence-electron chi connectivity index (χ1n) is 7.94. The van der Waals surface area contributed by atoms with Crippen LogP contribution in [0.3, 0.4) is 0 Å². The zero-order chi connectivity index (χ0) is 17.1. The number of hydrogen-bond donors (Lipinski definition) is 2. The maximum absolute atomic E-state index is 12.5. The Morgan fingerprint density at radius 2 is 2.17 bits per heavy atom. The van der Waals surface area contributed by atoms with Crippen molar-refractivity contribution in [3.8, 4) is 5.69 Å². The highest BCUT2D eigenvalue weighted by Gasteiger charge is 2.27. The van der Waals surface area contributed by atoms with Gasteiger partial charge < -0.3 is 15.0 Å². The standard InChI is InChI=1S/C16H20ClN5O2/c1-11-6-21(7-12(2)24-11)8-16(23)20-14-5-13(17)3-4-15(14)22-10-18-9-19-22/h3-5,9-12H,6-8H2,1-2H3,(H,20,23)/p+1/t11-,12-/m1/s1. The van der Waals surface area contributed by atoms with Gasteiger partial charge in [-0.15, -0.1) is 0 Å². The van der Waals surface area contributed by atoms with Gasteiger partial charge in [-0.05, 0) is 32.0 Å². The predicted octanol–water partition coefficient (Wildman–Crippen LogP) is 0.551. The Kier molecular flexibility index (Phi) is 5.13. The van der Waals surface area contributed by atoms with Gasteiger partial charge in [0.25, 0.3) is 5.91 Å². The van der Waals surface area contributed by atoms with Crippen molar-refractivity contribution in [3.63, 3.8) is 0 Å². The number of morpholine rings is 1. The summed E-state index contributed by atoms with van der Waals surface area (Å²) >= 11 is 6.07. The van der Waals surface area contributed by atoms with Gasteiger partial charge in [0.1, 0.15) is 38.0 Å². The fourth-order valence-corrected chi connectivity index (χ4v) is 3.27. The molecule has 2 aromatic rings. The lowest BCUT2D eigenvalue weighted by molar-refractivity contribution is -0.907. The van der Waals surface area contributed by atoms with Crippen molar-refractivity contribution in [3.05, 3.63) is 35.9 Å². The summed E-state index contributed by atoms with van der Waals surface area (Å²) in [4.78, 5) is 17.6. The normalized spacial score (nSPS) is 23.9. The summed E-state index contributed by atoms with van der Waals surface area (Å²) in [6.07, 6.45) is 3.35. The molecule has 0 spiro atoms. The highest BCUT2D eigenvalue weighted by molar-refractivity contribution is 6.31. The maximum atomic E-state index is 12.5. The molecule has 1 amide bonds. The van der Waals surface area contributed by atoms with Crippen LogP contribution in [0, 0.1) is 0 Å². The quantitative estimate of drug-likeness (QED) is 0.844. The van der Waals surface area contributed by atoms with Gasteiger partial charge in [-0.1, -0.05) is 11.6 Å². The second-order valence-corrected chi connectivity index (χ2v) is 6.58. The number of hydrogen-bond acceptors (Lipinski definition) is 4. The van der Waals surface area contributed by atoms with Gasteiger partial charge in [0, 0.05) is 5.02 Å². The van der Waals surface area contributed by atoms with Crippen LogP contribution in [0.2, 0.25) is 5.02 Å². The fourth-order valence-electron chi connectivity index (χ4n) is 3.10. The fraction of sp³-hybridized carbons (Fsp3) is 0.438. The number of carbonyl (C=O) groups excluding carboxylic acids is 1. The minimum absolute atomic E-state index is 0.0602. The molecule has 0 unspecified atom stereocenters. The van der Waals surface area contributed by atoms with Crippen LogP contribution in [-0.2, 0) is 9.53 Å². The summed E-state index contributed by atoms with van der Waals surface area (Å²) in [6, 6.07) is 5.28. The summed E-state index contributed by atoms with van der Waals surface area (Å²) < 4.78 is 7.31. The van der Waals surface area contributed by atoms with Crippen LogP contribution in [-0.4, -0.2) is 52.5 Å². The first kappa shape index (κ1) is 16.9. The van der Waals surface area contributed by atoms with E-state index in [4.69, 9.17) is 16.3 Å². The van der Waals surface area contributed by atoms with E-state index in [1.165, 1.54) is 11.2 Å². The molecule has 3 rings (SSSR count). The average molecular weight is 351 g/mol. The van der Waals surface area contributed by atoms with Gasteiger partial charge in [-0.3, -0.25) is 4.79 Å². The third-order valence-corrected chi connectivity index (χ3v) is 4.16. The number of benzene rings is 1. The third kappa shape index (κ3) is 4.11. The second kappa shape index (κ2) is 7.29. The molecule has 7 nitrogen and oxygen atoms in total. The Labute approximate surface area is 145 Å². The Morgan fingerprint density at radius 3 is 2.83 bits per heavy atom. The van der Waals surface area contributed by atoms with Crippen molar-refractivity contribution in [1.82, 2.24) is 14.8 Å². The largest absolute Gasteiger partial charge is 0.364 e. The molecule has 0 radical (unpaired) electrons. The molecule has 2 heterocycles. The summed E-state index contributed by atoms with van der Waals surface area (Å²) in [5, 5.41) is 7.60. The van der Waals surface area contributed by atoms with E-state index in [2.05, 4.69) is 15.4 Å². The van der Waals surface area contributed by atoms with Crippen molar-refractivity contribution >= 4 is 23.2 Å². The number of carbonyl (C=O) groups is 1. The van der Waals surface area contributed by atoms with Crippen LogP contribution < -0.4 is 10.2 Å². The molecule has 0 aliphatic carbocycles. The Bertz CT molecular complexity index is 696. The van der Waals surface area contributed by atoms with Crippen molar-refractivity contribution in [2.75, 3.05) is 25.0 Å². The lowest BCUT2D eigenvalue weighted by Gasteiger charge is -2.31. The van der Waals surface area contributed by atoms with Crippen LogP contribution >= 0.6 is 11.6 Å². The first-order valence-corrected chi connectivity index (χ1v) is 8.32. The summed E-state index contributed by atoms with van der Waals surface area (Å²) in [5.41, 5.74) is 1.34. The first-order chi connectivity index (χ1) is 11.5. The van der Waals surface area contributed by atoms with Crippen molar-refractivity contribution in [2.45, 2.75) is 26.1 Å². The van der Waals surface area contributed by atoms with Crippen LogP contribution in [0.1, 0.15) is 13.8 Å². The highest BCUT2D eigenvalue weighted by Crippen LogP contribution is 2.23. The Balaban J connectivity index is 1.71. The molecule has 24 heavy (non-hydrogen) atoms. The molecule has 1 fully saturated rings. The monoisotopic (exact) mass is 350 g/mol. The van der Waals surface area contributed by atoms with Gasteiger partial charge in [-0.2, -0.15) is 5.10 Å². The molecule has 1 aromatic carbocycles. The SMILES string of the molecule is C[C@@H]1C[NH+](CC(=O)Nc2cc(Cl)ccc2-n2cncn2)C[C@@H](C)O1. The minimum atomic E-state index is -0.0602. The molecule has 1 saturated heterocycles. The molecule has 1 aliphatic rings. The van der Waals surface area contributed by atoms with Gasteiger partial charge in [-0.25, -0.2) is 9.67 Å². The van der Waals surface area contributed by atoms with E-state index in [-0.39, 0.29) is 18.1 Å². The topological polar surface area (TPSA) is 73.5 Å². The lowest BCUT2D eigenvalue weighted by atomic mass is 10.2. The van der Waals surface area contributed by atoms with E-state index < -0.39 is 0 Å². The summed E-state index contributed by atoms with van der Waals surface area (Å²) in [7, 11) is 0. The number of rotatable bonds is 4. The second-order valence-electron chi connectivity index (χ2n) is 6.14. The minimum Gasteiger partial charge on any atom is -0.364 e. The number of nitrogens with zero attached hydrogens (tertiary/aromatic N) is 3. The third-order valence-electron chi connectivity index (χ3n) is 3.93. The summed E-state index contributed by atoms with van der Waals surface area (Å²) in [5.74, 6) is -0.0602. The van der Waals surface area contributed by atoms with E-state index >= 15 is 0 Å². The molecule has 2 N–H and O–H groups in total. The van der Waals surface area contributed by atoms with Crippen LogP contribution in [0.25, 0.3) is 5.69 Å². The smallest absolute Gasteiger partial charge is 0.279 e. The van der Waals surface area contributed by atoms with E-state index in [0.717, 1.165) is 18.8 Å². The predicted molar refractivity (Wildman–Crippen MR) is 90.6 cm³/mol. The van der Waals surface area contributed by atoms with Crippen LogP contribution in [0.15, 0.2) is 30.9 Å². The average Bonchev–Trinajstić information content (AvgIpc) is 3.00. The molecule has 2 atom stereocenters. The number of anilines is 1. The zero-order valence-corrected chi connectivity index (χ0v) is 14.5. The number of ether oxygens (including phenoxy) is 1. The molecule has 0 saturated carbocycles. The number of aromatic nitrogens is 3. The van der Waals surface area contributed by atoms with Crippen LogP contribution in [0.4, 0.5) is 5.69 Å². The van der Waals surface area contributed by atoms with Crippen molar-refractivity contribution < 1.29 is 14.4 Å². The molecule has 1 aliphatic heterocycles. The van der Waals surface area contributed by atoms with Gasteiger partial charge in [0.15, 0.2) is 6.54 Å². The molecule has 0 bridgehead atoms. The maximum Gasteiger partial charge on any atom is 0.279 e. The Morgan fingerprint density at radius 1 is 1.42 bits per heavy atom. The number of halogens is 1. The van der Waals surface area contributed by atoms with Gasteiger partial charge >= 0.3 is 0 Å². The van der Waals surface area contributed by atoms with Gasteiger partial charge in [0.2, 0.25) is 0 Å². The molecule has 8 heteroatoms. The van der Waals surface area contributed by atoms with E-state index in [1.54, 1.807) is 29.2 Å². The van der Waals surface area contributed by atoms with Crippen molar-refractivity contribution in [2.24, 2.45) is 0 Å². The van der Waals surface area contributed by atoms with E-state index in [0.29, 0.717) is 17.3 Å². The van der Waals surface area contributed by atoms with E-state index in [1.807, 2.05) is 13.8 Å². The number of nitrogens with one attached hydrogen (secondary N) is 2. The molecular formula is C16H21ClN5O2+. The lowest BCUT2D eigenvalue weighted by Crippen LogP contribution is -3.16. The summed E-state index contributed by atoms with van der Waals surface area (Å²) in [6.45, 7) is 6.11. The molecule has 128 valence electrons. The van der Waals surface area contributed by atoms with Crippen molar-refractivity contribution in [1.29, 1.82) is 0 Å².